The predicted octanol–water partition coefficient (Wildman–Crippen LogP) is 2.21. The molecule has 2 heterocycles. The average molecular weight is 211 g/mol. The lowest BCUT2D eigenvalue weighted by Gasteiger charge is -2.23. The molecule has 1 atom stereocenters. The van der Waals surface area contributed by atoms with Crippen molar-refractivity contribution < 1.29 is 0 Å². The van der Waals surface area contributed by atoms with Gasteiger partial charge >= 0.3 is 0 Å². The molecule has 0 aliphatic carbocycles. The van der Waals surface area contributed by atoms with Crippen LogP contribution in [0.4, 0.5) is 5.82 Å². The van der Waals surface area contributed by atoms with E-state index < -0.39 is 0 Å². The molecule has 0 spiro atoms. The summed E-state index contributed by atoms with van der Waals surface area (Å²) in [4.78, 5) is 0. The number of hydrogen-bond donors (Lipinski definition) is 1. The average Bonchev–Trinajstić information content (AvgIpc) is 2.67. The fourth-order valence-electron chi connectivity index (χ4n) is 1.77. The molecule has 2 rings (SSSR count). The van der Waals surface area contributed by atoms with E-state index in [4.69, 9.17) is 0 Å². The minimum absolute atomic E-state index is 0.635. The van der Waals surface area contributed by atoms with E-state index in [-0.39, 0.29) is 0 Å². The molecular formula is C10H17N3S. The number of nitrogens with one attached hydrogen (secondary N) is 1. The van der Waals surface area contributed by atoms with E-state index in [1.165, 1.54) is 30.2 Å². The Morgan fingerprint density at radius 3 is 3.36 bits per heavy atom. The van der Waals surface area contributed by atoms with Gasteiger partial charge in [0.1, 0.15) is 5.82 Å². The molecule has 1 N–H and O–H groups in total. The third-order valence-corrected chi connectivity index (χ3v) is 3.74. The molecule has 1 aliphatic rings. The molecule has 1 aromatic rings. The molecule has 1 saturated heterocycles. The zero-order chi connectivity index (χ0) is 9.80. The van der Waals surface area contributed by atoms with Crippen LogP contribution in [0.1, 0.15) is 19.8 Å². The fraction of sp³-hybridized carbons (Fsp3) is 0.700. The van der Waals surface area contributed by atoms with Gasteiger partial charge in [0.05, 0.1) is 6.20 Å². The summed E-state index contributed by atoms with van der Waals surface area (Å²) in [6, 6.07) is 2.69. The maximum Gasteiger partial charge on any atom is 0.124 e. The van der Waals surface area contributed by atoms with Crippen molar-refractivity contribution in [1.29, 1.82) is 0 Å². The molecule has 1 unspecified atom stereocenters. The Balaban J connectivity index is 1.95. The Bertz CT molecular complexity index is 279. The molecule has 78 valence electrons. The van der Waals surface area contributed by atoms with Crippen LogP contribution in [0.25, 0.3) is 0 Å². The van der Waals surface area contributed by atoms with E-state index in [2.05, 4.69) is 23.4 Å². The van der Waals surface area contributed by atoms with Crippen LogP contribution < -0.4 is 5.32 Å². The van der Waals surface area contributed by atoms with Gasteiger partial charge < -0.3 is 5.32 Å². The van der Waals surface area contributed by atoms with Gasteiger partial charge in [0.15, 0.2) is 0 Å². The standard InChI is InChI=1S/C10H17N3S/c1-2-13-10(5-6-11-13)12-9-4-3-7-14-8-9/h5-6,9,12H,2-4,7-8H2,1H3. The maximum absolute atomic E-state index is 4.25. The van der Waals surface area contributed by atoms with Gasteiger partial charge in [-0.2, -0.15) is 16.9 Å². The second-order valence-corrected chi connectivity index (χ2v) is 4.74. The first-order valence-electron chi connectivity index (χ1n) is 5.26. The number of aryl methyl sites for hydroxylation is 1. The molecular weight excluding hydrogens is 194 g/mol. The lowest BCUT2D eigenvalue weighted by Crippen LogP contribution is -2.27. The lowest BCUT2D eigenvalue weighted by molar-refractivity contribution is 0.635. The van der Waals surface area contributed by atoms with Crippen molar-refractivity contribution in [3.63, 3.8) is 0 Å². The number of hydrogen-bond acceptors (Lipinski definition) is 3. The van der Waals surface area contributed by atoms with Gasteiger partial charge in [-0.25, -0.2) is 0 Å². The zero-order valence-electron chi connectivity index (χ0n) is 8.57. The van der Waals surface area contributed by atoms with Gasteiger partial charge in [0, 0.05) is 24.4 Å². The highest BCUT2D eigenvalue weighted by molar-refractivity contribution is 7.99. The largest absolute Gasteiger partial charge is 0.367 e. The topological polar surface area (TPSA) is 29.9 Å². The van der Waals surface area contributed by atoms with Crippen LogP contribution in [0.2, 0.25) is 0 Å². The minimum Gasteiger partial charge on any atom is -0.367 e. The van der Waals surface area contributed by atoms with E-state index in [9.17, 15) is 0 Å². The first-order valence-corrected chi connectivity index (χ1v) is 6.41. The summed E-state index contributed by atoms with van der Waals surface area (Å²) in [5.41, 5.74) is 0. The Morgan fingerprint density at radius 2 is 2.64 bits per heavy atom. The van der Waals surface area contributed by atoms with E-state index in [0.29, 0.717) is 6.04 Å². The number of nitrogens with zero attached hydrogens (tertiary/aromatic N) is 2. The first-order chi connectivity index (χ1) is 6.90. The Kier molecular flexibility index (Phi) is 3.35. The fourth-order valence-corrected chi connectivity index (χ4v) is 2.84. The summed E-state index contributed by atoms with van der Waals surface area (Å²) in [6.07, 6.45) is 4.49. The van der Waals surface area contributed by atoms with Crippen molar-refractivity contribution in [3.05, 3.63) is 12.3 Å². The molecule has 4 heteroatoms. The smallest absolute Gasteiger partial charge is 0.124 e. The molecule has 1 aromatic heterocycles. The van der Waals surface area contributed by atoms with Crippen molar-refractivity contribution in [1.82, 2.24) is 9.78 Å². The van der Waals surface area contributed by atoms with Crippen LogP contribution in [-0.2, 0) is 6.54 Å². The molecule has 1 fully saturated rings. The van der Waals surface area contributed by atoms with Crippen molar-refractivity contribution in [2.75, 3.05) is 16.8 Å². The molecule has 0 aromatic carbocycles. The van der Waals surface area contributed by atoms with Crippen molar-refractivity contribution >= 4 is 17.6 Å². The minimum atomic E-state index is 0.635. The van der Waals surface area contributed by atoms with E-state index in [0.717, 1.165) is 6.54 Å². The Hall–Kier alpha value is -0.640. The molecule has 0 bridgehead atoms. The number of rotatable bonds is 3. The summed E-state index contributed by atoms with van der Waals surface area (Å²) in [5, 5.41) is 7.81. The molecule has 1 aliphatic heterocycles. The number of aromatic nitrogens is 2. The highest BCUT2D eigenvalue weighted by Gasteiger charge is 2.14. The monoisotopic (exact) mass is 211 g/mol. The third kappa shape index (κ3) is 2.23. The van der Waals surface area contributed by atoms with Crippen LogP contribution in [0, 0.1) is 0 Å². The molecule has 3 nitrogen and oxygen atoms in total. The van der Waals surface area contributed by atoms with Crippen LogP contribution in [0.3, 0.4) is 0 Å². The predicted molar refractivity (Wildman–Crippen MR) is 61.9 cm³/mol. The summed E-state index contributed by atoms with van der Waals surface area (Å²) in [7, 11) is 0. The van der Waals surface area contributed by atoms with E-state index in [1.807, 2.05) is 22.6 Å². The van der Waals surface area contributed by atoms with Gasteiger partial charge in [-0.05, 0) is 25.5 Å². The molecule has 14 heavy (non-hydrogen) atoms. The van der Waals surface area contributed by atoms with E-state index in [1.54, 1.807) is 0 Å². The van der Waals surface area contributed by atoms with Gasteiger partial charge in [0.25, 0.3) is 0 Å². The summed E-state index contributed by atoms with van der Waals surface area (Å²) >= 11 is 2.05. The first kappa shape index (κ1) is 9.90. The highest BCUT2D eigenvalue weighted by Crippen LogP contribution is 2.20. The quantitative estimate of drug-likeness (QED) is 0.831. The van der Waals surface area contributed by atoms with Gasteiger partial charge in [-0.3, -0.25) is 4.68 Å². The van der Waals surface area contributed by atoms with Crippen LogP contribution in [0.5, 0.6) is 0 Å². The number of thioether (sulfide) groups is 1. The molecule has 0 saturated carbocycles. The molecule has 0 amide bonds. The highest BCUT2D eigenvalue weighted by atomic mass is 32.2. The number of anilines is 1. The van der Waals surface area contributed by atoms with Crippen molar-refractivity contribution in [2.45, 2.75) is 32.4 Å². The van der Waals surface area contributed by atoms with E-state index >= 15 is 0 Å². The Morgan fingerprint density at radius 1 is 1.71 bits per heavy atom. The Labute approximate surface area is 89.3 Å². The molecule has 0 radical (unpaired) electrons. The normalized spacial score (nSPS) is 22.2. The zero-order valence-corrected chi connectivity index (χ0v) is 9.39. The summed E-state index contributed by atoms with van der Waals surface area (Å²) in [5.74, 6) is 3.72. The summed E-state index contributed by atoms with van der Waals surface area (Å²) < 4.78 is 2.01. The van der Waals surface area contributed by atoms with Gasteiger partial charge in [-0.15, -0.1) is 0 Å². The maximum atomic E-state index is 4.25. The van der Waals surface area contributed by atoms with Crippen molar-refractivity contribution in [2.24, 2.45) is 0 Å². The third-order valence-electron chi connectivity index (χ3n) is 2.53. The van der Waals surface area contributed by atoms with Gasteiger partial charge in [0.2, 0.25) is 0 Å². The van der Waals surface area contributed by atoms with Gasteiger partial charge in [-0.1, -0.05) is 0 Å². The second-order valence-electron chi connectivity index (χ2n) is 3.59. The second kappa shape index (κ2) is 4.73. The van der Waals surface area contributed by atoms with Crippen LogP contribution in [-0.4, -0.2) is 27.3 Å². The van der Waals surface area contributed by atoms with Crippen LogP contribution >= 0.6 is 11.8 Å². The summed E-state index contributed by atoms with van der Waals surface area (Å²) in [6.45, 7) is 3.06. The lowest BCUT2D eigenvalue weighted by atomic mass is 10.2. The van der Waals surface area contributed by atoms with Crippen LogP contribution in [0.15, 0.2) is 12.3 Å². The SMILES string of the molecule is CCn1nccc1NC1CCCSC1. The van der Waals surface area contributed by atoms with Crippen molar-refractivity contribution in [3.8, 4) is 0 Å².